The van der Waals surface area contributed by atoms with Gasteiger partial charge in [0.2, 0.25) is 0 Å². The molecule has 150 valence electrons. The van der Waals surface area contributed by atoms with E-state index in [2.05, 4.69) is 16.8 Å². The van der Waals surface area contributed by atoms with Gasteiger partial charge in [0.15, 0.2) is 0 Å². The quantitative estimate of drug-likeness (QED) is 0.568. The highest BCUT2D eigenvalue weighted by molar-refractivity contribution is 7.21. The number of amides is 1. The number of pyridine rings is 1. The number of nitrogens with two attached hydrogens (primary N) is 1. The van der Waals surface area contributed by atoms with Crippen molar-refractivity contribution in [2.45, 2.75) is 50.5 Å². The molecule has 0 radical (unpaired) electrons. The summed E-state index contributed by atoms with van der Waals surface area (Å²) in [5.41, 5.74) is 7.92. The van der Waals surface area contributed by atoms with Gasteiger partial charge in [-0.15, -0.1) is 22.7 Å². The van der Waals surface area contributed by atoms with E-state index in [0.29, 0.717) is 10.6 Å². The van der Waals surface area contributed by atoms with Crippen LogP contribution in [0.15, 0.2) is 29.6 Å². The minimum atomic E-state index is -0.0141. The second kappa shape index (κ2) is 6.54. The summed E-state index contributed by atoms with van der Waals surface area (Å²) in [7, 11) is 0. The smallest absolute Gasteiger partial charge is 0.264 e. The number of nitrogens with zero attached hydrogens (tertiary/aromatic N) is 1. The summed E-state index contributed by atoms with van der Waals surface area (Å²) in [6.07, 6.45) is 8.83. The Balaban J connectivity index is 1.30. The zero-order chi connectivity index (χ0) is 19.6. The summed E-state index contributed by atoms with van der Waals surface area (Å²) >= 11 is 3.10. The molecule has 3 aliphatic carbocycles. The van der Waals surface area contributed by atoms with E-state index < -0.39 is 0 Å². The van der Waals surface area contributed by atoms with Gasteiger partial charge in [0.05, 0.1) is 16.3 Å². The minimum absolute atomic E-state index is 0.00148. The van der Waals surface area contributed by atoms with Crippen molar-refractivity contribution < 1.29 is 4.79 Å². The van der Waals surface area contributed by atoms with Crippen molar-refractivity contribution in [1.29, 1.82) is 0 Å². The number of thiophene rings is 2. The third kappa shape index (κ3) is 2.91. The largest absolute Gasteiger partial charge is 0.397 e. The number of aromatic nitrogens is 1. The van der Waals surface area contributed by atoms with Gasteiger partial charge in [-0.05, 0) is 79.9 Å². The molecule has 3 fully saturated rings. The molecule has 4 atom stereocenters. The predicted molar refractivity (Wildman–Crippen MR) is 120 cm³/mol. The van der Waals surface area contributed by atoms with E-state index in [4.69, 9.17) is 10.7 Å². The van der Waals surface area contributed by atoms with Crippen molar-refractivity contribution in [3.8, 4) is 10.6 Å². The van der Waals surface area contributed by atoms with Gasteiger partial charge < -0.3 is 11.1 Å². The van der Waals surface area contributed by atoms with E-state index >= 15 is 0 Å². The van der Waals surface area contributed by atoms with Crippen molar-refractivity contribution in [1.82, 2.24) is 10.3 Å². The van der Waals surface area contributed by atoms with Crippen LogP contribution in [0.3, 0.4) is 0 Å². The average Bonchev–Trinajstić information content (AvgIpc) is 3.35. The Morgan fingerprint density at radius 2 is 2.10 bits per heavy atom. The Morgan fingerprint density at radius 3 is 2.97 bits per heavy atom. The molecule has 3 saturated carbocycles. The fraction of sp³-hybridized carbons (Fsp3) is 0.478. The Hall–Kier alpha value is -1.92. The van der Waals surface area contributed by atoms with Crippen LogP contribution in [-0.4, -0.2) is 16.4 Å². The SMILES string of the molecule is Nc1c(C(=O)N[C@]23CCC4CCC(C[C@@H]4C2)C3)sc2nc(-c3cccs3)ccc12. The van der Waals surface area contributed by atoms with Crippen molar-refractivity contribution in [2.75, 3.05) is 5.73 Å². The molecule has 3 aliphatic rings. The molecule has 3 aromatic rings. The first-order chi connectivity index (χ1) is 14.1. The first-order valence-corrected chi connectivity index (χ1v) is 12.4. The molecule has 3 bridgehead atoms. The van der Waals surface area contributed by atoms with Crippen LogP contribution in [-0.2, 0) is 0 Å². The topological polar surface area (TPSA) is 68.0 Å². The van der Waals surface area contributed by atoms with Crippen molar-refractivity contribution >= 4 is 44.5 Å². The zero-order valence-electron chi connectivity index (χ0n) is 16.3. The number of nitrogen functional groups attached to an aromatic ring is 1. The average molecular weight is 424 g/mol. The predicted octanol–water partition coefficient (Wildman–Crippen LogP) is 5.70. The summed E-state index contributed by atoms with van der Waals surface area (Å²) in [4.78, 5) is 20.7. The Kier molecular flexibility index (Phi) is 4.04. The molecule has 1 amide bonds. The first kappa shape index (κ1) is 17.9. The molecule has 6 rings (SSSR count). The summed E-state index contributed by atoms with van der Waals surface area (Å²) in [6.45, 7) is 0. The van der Waals surface area contributed by atoms with Crippen LogP contribution < -0.4 is 11.1 Å². The molecule has 6 heteroatoms. The summed E-state index contributed by atoms with van der Waals surface area (Å²) < 4.78 is 0. The number of anilines is 1. The zero-order valence-corrected chi connectivity index (χ0v) is 18.0. The number of hydrogen-bond acceptors (Lipinski definition) is 5. The first-order valence-electron chi connectivity index (χ1n) is 10.7. The van der Waals surface area contributed by atoms with Crippen LogP contribution >= 0.6 is 22.7 Å². The lowest BCUT2D eigenvalue weighted by molar-refractivity contribution is -0.00220. The van der Waals surface area contributed by atoms with E-state index in [-0.39, 0.29) is 11.4 Å². The van der Waals surface area contributed by atoms with Gasteiger partial charge in [0.25, 0.3) is 5.91 Å². The molecule has 3 heterocycles. The number of rotatable bonds is 3. The van der Waals surface area contributed by atoms with E-state index in [9.17, 15) is 4.79 Å². The molecule has 4 nitrogen and oxygen atoms in total. The van der Waals surface area contributed by atoms with Crippen LogP contribution in [0.5, 0.6) is 0 Å². The van der Waals surface area contributed by atoms with Gasteiger partial charge in [-0.3, -0.25) is 4.79 Å². The second-order valence-electron chi connectivity index (χ2n) is 9.25. The molecule has 3 N–H and O–H groups in total. The van der Waals surface area contributed by atoms with Crippen LogP contribution in [0.25, 0.3) is 20.8 Å². The van der Waals surface area contributed by atoms with Gasteiger partial charge >= 0.3 is 0 Å². The highest BCUT2D eigenvalue weighted by atomic mass is 32.1. The fourth-order valence-corrected chi connectivity index (χ4v) is 7.92. The molecule has 2 unspecified atom stereocenters. The Labute approximate surface area is 178 Å². The third-order valence-corrected chi connectivity index (χ3v) is 9.53. The fourth-order valence-electron chi connectivity index (χ4n) is 6.23. The summed E-state index contributed by atoms with van der Waals surface area (Å²) in [5.74, 6) is 2.50. The molecule has 3 aromatic heterocycles. The maximum atomic E-state index is 13.3. The lowest BCUT2D eigenvalue weighted by Gasteiger charge is -2.55. The van der Waals surface area contributed by atoms with Crippen molar-refractivity contribution in [2.24, 2.45) is 17.8 Å². The van der Waals surface area contributed by atoms with Gasteiger partial charge in [-0.2, -0.15) is 0 Å². The molecule has 0 aromatic carbocycles. The number of nitrogens with one attached hydrogen (secondary N) is 1. The molecule has 0 aliphatic heterocycles. The summed E-state index contributed by atoms with van der Waals surface area (Å²) in [5, 5.41) is 6.42. The highest BCUT2D eigenvalue weighted by Crippen LogP contribution is 2.54. The maximum absolute atomic E-state index is 13.3. The van der Waals surface area contributed by atoms with E-state index in [1.807, 2.05) is 18.2 Å². The Morgan fingerprint density at radius 1 is 1.17 bits per heavy atom. The normalized spacial score (nSPS) is 30.6. The molecule has 0 saturated heterocycles. The van der Waals surface area contributed by atoms with Gasteiger partial charge in [0, 0.05) is 10.9 Å². The molecule has 29 heavy (non-hydrogen) atoms. The van der Waals surface area contributed by atoms with Gasteiger partial charge in [0.1, 0.15) is 9.71 Å². The maximum Gasteiger partial charge on any atom is 0.264 e. The second-order valence-corrected chi connectivity index (χ2v) is 11.2. The van der Waals surface area contributed by atoms with Crippen LogP contribution in [0.1, 0.15) is 54.6 Å². The number of carbonyl (C=O) groups excluding carboxylic acids is 1. The number of fused-ring (bicyclic) bond motifs is 3. The molecule has 0 spiro atoms. The standard InChI is InChI=1S/C23H25N3OS2/c24-19-16-5-6-17(18-2-1-9-28-18)25-22(16)29-20(19)21(27)26-23-8-7-14-4-3-13(11-23)10-15(14)12-23/h1-2,5-6,9,13-15H,3-4,7-8,10-12,24H2,(H,26,27)/t13?,14?,15-,23+/m1/s1. The third-order valence-electron chi connectivity index (χ3n) is 7.53. The van der Waals surface area contributed by atoms with E-state index in [0.717, 1.165) is 57.8 Å². The Bertz CT molecular complexity index is 1090. The van der Waals surface area contributed by atoms with Crippen LogP contribution in [0.4, 0.5) is 5.69 Å². The van der Waals surface area contributed by atoms with Crippen LogP contribution in [0.2, 0.25) is 0 Å². The van der Waals surface area contributed by atoms with Crippen molar-refractivity contribution in [3.63, 3.8) is 0 Å². The lowest BCUT2D eigenvalue weighted by Crippen LogP contribution is -2.58. The van der Waals surface area contributed by atoms with Gasteiger partial charge in [-0.1, -0.05) is 12.5 Å². The number of hydrogen-bond donors (Lipinski definition) is 2. The van der Waals surface area contributed by atoms with Crippen LogP contribution in [0, 0.1) is 17.8 Å². The number of carbonyl (C=O) groups is 1. The monoisotopic (exact) mass is 423 g/mol. The highest BCUT2D eigenvalue weighted by Gasteiger charge is 2.49. The van der Waals surface area contributed by atoms with Crippen molar-refractivity contribution in [3.05, 3.63) is 34.5 Å². The van der Waals surface area contributed by atoms with E-state index in [1.165, 1.54) is 37.0 Å². The molecular weight excluding hydrogens is 398 g/mol. The lowest BCUT2D eigenvalue weighted by atomic mass is 9.54. The summed E-state index contributed by atoms with van der Waals surface area (Å²) in [6, 6.07) is 8.11. The minimum Gasteiger partial charge on any atom is -0.397 e. The van der Waals surface area contributed by atoms with Gasteiger partial charge in [-0.25, -0.2) is 4.98 Å². The van der Waals surface area contributed by atoms with E-state index in [1.54, 1.807) is 11.3 Å². The molecular formula is C23H25N3OS2.